The first-order valence-electron chi connectivity index (χ1n) is 5.61. The Morgan fingerprint density at radius 1 is 1.35 bits per heavy atom. The molecule has 2 aromatic rings. The van der Waals surface area contributed by atoms with E-state index < -0.39 is 0 Å². The first-order chi connectivity index (χ1) is 8.07. The molecular weight excluding hydrogens is 236 g/mol. The van der Waals surface area contributed by atoms with Crippen LogP contribution >= 0.6 is 11.6 Å². The third kappa shape index (κ3) is 1.93. The Balaban J connectivity index is 2.08. The van der Waals surface area contributed by atoms with E-state index in [0.29, 0.717) is 5.15 Å². The molecule has 0 spiro atoms. The summed E-state index contributed by atoms with van der Waals surface area (Å²) in [6.45, 7) is 2.17. The van der Waals surface area contributed by atoms with Gasteiger partial charge in [0.15, 0.2) is 0 Å². The van der Waals surface area contributed by atoms with Crippen LogP contribution in [-0.2, 0) is 12.5 Å². The first kappa shape index (κ1) is 10.7. The molecule has 0 saturated heterocycles. The van der Waals surface area contributed by atoms with E-state index in [4.69, 9.17) is 11.6 Å². The molecule has 0 N–H and O–H groups in total. The Morgan fingerprint density at radius 2 is 2.12 bits per heavy atom. The van der Waals surface area contributed by atoms with Crippen molar-refractivity contribution in [2.75, 3.05) is 0 Å². The predicted molar refractivity (Wildman–Crippen MR) is 65.8 cm³/mol. The summed E-state index contributed by atoms with van der Waals surface area (Å²) in [4.78, 5) is 8.93. The van der Waals surface area contributed by atoms with E-state index in [2.05, 4.69) is 22.0 Å². The van der Waals surface area contributed by atoms with Crippen LogP contribution in [0.5, 0.6) is 0 Å². The van der Waals surface area contributed by atoms with Crippen molar-refractivity contribution >= 4 is 11.6 Å². The summed E-state index contributed by atoms with van der Waals surface area (Å²) in [6.07, 6.45) is 6.00. The van der Waals surface area contributed by atoms with Crippen molar-refractivity contribution in [3.8, 4) is 11.3 Å². The van der Waals surface area contributed by atoms with Crippen LogP contribution in [0.25, 0.3) is 11.3 Å². The summed E-state index contributed by atoms with van der Waals surface area (Å²) in [6, 6.07) is 1.79. The van der Waals surface area contributed by atoms with Crippen LogP contribution in [0.3, 0.4) is 0 Å². The van der Waals surface area contributed by atoms with Crippen molar-refractivity contribution in [1.29, 1.82) is 0 Å². The first-order valence-corrected chi connectivity index (χ1v) is 5.99. The standard InChI is InChI=1S/C12H13ClN4/c1-12(3-4-12)11-15-9(5-10(13)16-11)8-6-14-17(2)7-8/h5-7H,3-4H2,1-2H3. The van der Waals surface area contributed by atoms with Gasteiger partial charge in [0, 0.05) is 30.3 Å². The Labute approximate surface area is 105 Å². The van der Waals surface area contributed by atoms with Gasteiger partial charge in [-0.3, -0.25) is 4.68 Å². The molecule has 1 aliphatic carbocycles. The van der Waals surface area contributed by atoms with Crippen LogP contribution < -0.4 is 0 Å². The molecule has 0 bridgehead atoms. The van der Waals surface area contributed by atoms with Gasteiger partial charge < -0.3 is 0 Å². The average molecular weight is 249 g/mol. The molecule has 1 aliphatic rings. The molecular formula is C12H13ClN4. The van der Waals surface area contributed by atoms with E-state index in [0.717, 1.165) is 29.9 Å². The van der Waals surface area contributed by atoms with Gasteiger partial charge in [-0.25, -0.2) is 9.97 Å². The number of nitrogens with zero attached hydrogens (tertiary/aromatic N) is 4. The number of hydrogen-bond acceptors (Lipinski definition) is 3. The van der Waals surface area contributed by atoms with Gasteiger partial charge >= 0.3 is 0 Å². The van der Waals surface area contributed by atoms with E-state index in [9.17, 15) is 0 Å². The van der Waals surface area contributed by atoms with E-state index in [1.165, 1.54) is 0 Å². The van der Waals surface area contributed by atoms with Crippen LogP contribution in [0, 0.1) is 0 Å². The van der Waals surface area contributed by atoms with Crippen molar-refractivity contribution in [2.24, 2.45) is 7.05 Å². The maximum absolute atomic E-state index is 6.06. The minimum atomic E-state index is 0.127. The van der Waals surface area contributed by atoms with Crippen molar-refractivity contribution in [1.82, 2.24) is 19.7 Å². The minimum Gasteiger partial charge on any atom is -0.275 e. The maximum Gasteiger partial charge on any atom is 0.136 e. The highest BCUT2D eigenvalue weighted by Crippen LogP contribution is 2.46. The molecule has 4 nitrogen and oxygen atoms in total. The highest BCUT2D eigenvalue weighted by molar-refractivity contribution is 6.29. The van der Waals surface area contributed by atoms with Crippen LogP contribution in [0.2, 0.25) is 5.15 Å². The SMILES string of the molecule is Cn1cc(-c2cc(Cl)nc(C3(C)CC3)n2)cn1. The van der Waals surface area contributed by atoms with Gasteiger partial charge in [0.05, 0.1) is 11.9 Å². The molecule has 0 unspecified atom stereocenters. The van der Waals surface area contributed by atoms with E-state index in [1.54, 1.807) is 16.9 Å². The molecule has 17 heavy (non-hydrogen) atoms. The van der Waals surface area contributed by atoms with Crippen molar-refractivity contribution in [3.05, 3.63) is 29.4 Å². The predicted octanol–water partition coefficient (Wildman–Crippen LogP) is 2.58. The Kier molecular flexibility index (Phi) is 2.23. The van der Waals surface area contributed by atoms with E-state index in [1.807, 2.05) is 13.2 Å². The van der Waals surface area contributed by atoms with Gasteiger partial charge in [-0.05, 0) is 12.8 Å². The smallest absolute Gasteiger partial charge is 0.136 e. The normalized spacial score (nSPS) is 17.1. The number of aryl methyl sites for hydroxylation is 1. The number of rotatable bonds is 2. The zero-order valence-corrected chi connectivity index (χ0v) is 10.6. The second-order valence-electron chi connectivity index (χ2n) is 4.86. The summed E-state index contributed by atoms with van der Waals surface area (Å²) < 4.78 is 1.75. The lowest BCUT2D eigenvalue weighted by Crippen LogP contribution is -2.07. The quantitative estimate of drug-likeness (QED) is 0.768. The van der Waals surface area contributed by atoms with Crippen LogP contribution in [0.4, 0.5) is 0 Å². The van der Waals surface area contributed by atoms with Gasteiger partial charge in [0.2, 0.25) is 0 Å². The highest BCUT2D eigenvalue weighted by Gasteiger charge is 2.42. The van der Waals surface area contributed by atoms with Crippen LogP contribution in [0.15, 0.2) is 18.5 Å². The molecule has 3 rings (SSSR count). The lowest BCUT2D eigenvalue weighted by atomic mass is 10.1. The Hall–Kier alpha value is -1.42. The van der Waals surface area contributed by atoms with Gasteiger partial charge in [-0.2, -0.15) is 5.10 Å². The summed E-state index contributed by atoms with van der Waals surface area (Å²) in [7, 11) is 1.88. The molecule has 88 valence electrons. The fraction of sp³-hybridized carbons (Fsp3) is 0.417. The van der Waals surface area contributed by atoms with Crippen LogP contribution in [-0.4, -0.2) is 19.7 Å². The van der Waals surface area contributed by atoms with E-state index in [-0.39, 0.29) is 5.41 Å². The molecule has 1 fully saturated rings. The molecule has 0 aliphatic heterocycles. The molecule has 0 amide bonds. The number of halogens is 1. The molecule has 1 saturated carbocycles. The molecule has 0 radical (unpaired) electrons. The van der Waals surface area contributed by atoms with Gasteiger partial charge in [-0.15, -0.1) is 0 Å². The summed E-state index contributed by atoms with van der Waals surface area (Å²) in [5.74, 6) is 0.851. The lowest BCUT2D eigenvalue weighted by molar-refractivity contribution is 0.710. The second-order valence-corrected chi connectivity index (χ2v) is 5.25. The average Bonchev–Trinajstić information content (AvgIpc) is 2.88. The van der Waals surface area contributed by atoms with E-state index >= 15 is 0 Å². The van der Waals surface area contributed by atoms with Crippen molar-refractivity contribution in [3.63, 3.8) is 0 Å². The van der Waals surface area contributed by atoms with Gasteiger partial charge in [0.25, 0.3) is 0 Å². The summed E-state index contributed by atoms with van der Waals surface area (Å²) in [5.41, 5.74) is 1.95. The molecule has 2 heterocycles. The van der Waals surface area contributed by atoms with Crippen molar-refractivity contribution in [2.45, 2.75) is 25.2 Å². The summed E-state index contributed by atoms with van der Waals surface area (Å²) >= 11 is 6.06. The van der Waals surface area contributed by atoms with Gasteiger partial charge in [-0.1, -0.05) is 18.5 Å². The maximum atomic E-state index is 6.06. The summed E-state index contributed by atoms with van der Waals surface area (Å²) in [5, 5.41) is 4.65. The molecule has 5 heteroatoms. The lowest BCUT2D eigenvalue weighted by Gasteiger charge is -2.08. The van der Waals surface area contributed by atoms with Gasteiger partial charge in [0.1, 0.15) is 11.0 Å². The fourth-order valence-corrected chi connectivity index (χ4v) is 1.98. The van der Waals surface area contributed by atoms with Crippen LogP contribution in [0.1, 0.15) is 25.6 Å². The third-order valence-electron chi connectivity index (χ3n) is 3.24. The number of hydrogen-bond donors (Lipinski definition) is 0. The Bertz CT molecular complexity index is 572. The zero-order valence-electron chi connectivity index (χ0n) is 9.81. The second kappa shape index (κ2) is 3.53. The van der Waals surface area contributed by atoms with Crippen molar-refractivity contribution < 1.29 is 0 Å². The highest BCUT2D eigenvalue weighted by atomic mass is 35.5. The molecule has 0 aromatic carbocycles. The topological polar surface area (TPSA) is 43.6 Å². The zero-order chi connectivity index (χ0) is 12.0. The molecule has 2 aromatic heterocycles. The Morgan fingerprint density at radius 3 is 2.71 bits per heavy atom. The third-order valence-corrected chi connectivity index (χ3v) is 3.43. The molecule has 0 atom stereocenters. The monoisotopic (exact) mass is 248 g/mol. The number of aromatic nitrogens is 4. The largest absolute Gasteiger partial charge is 0.275 e. The minimum absolute atomic E-state index is 0.127. The fourth-order valence-electron chi connectivity index (χ4n) is 1.80.